The molecule has 1 heterocycles. The smallest absolute Gasteiger partial charge is 0.323 e. The van der Waals surface area contributed by atoms with Gasteiger partial charge < -0.3 is 10.2 Å². The maximum atomic E-state index is 11.6. The molecule has 0 bridgehead atoms. The van der Waals surface area contributed by atoms with Gasteiger partial charge in [0.25, 0.3) is 0 Å². The number of amides is 3. The van der Waals surface area contributed by atoms with Gasteiger partial charge in [-0.05, 0) is 19.8 Å². The lowest BCUT2D eigenvalue weighted by atomic mass is 10.1. The molecule has 1 saturated heterocycles. The predicted molar refractivity (Wildman–Crippen MR) is 58.2 cm³/mol. The normalized spacial score (nSPS) is 24.6. The highest BCUT2D eigenvalue weighted by Gasteiger charge is 2.44. The van der Waals surface area contributed by atoms with Crippen molar-refractivity contribution < 1.29 is 9.59 Å². The van der Waals surface area contributed by atoms with Crippen molar-refractivity contribution in [3.05, 3.63) is 0 Å². The van der Waals surface area contributed by atoms with Gasteiger partial charge in [0.1, 0.15) is 11.9 Å². The molecule has 0 radical (unpaired) electrons. The van der Waals surface area contributed by atoms with Crippen molar-refractivity contribution in [1.82, 2.24) is 15.5 Å². The molecule has 6 heteroatoms. The number of rotatable bonds is 4. The summed E-state index contributed by atoms with van der Waals surface area (Å²) in [7, 11) is 0. The maximum absolute atomic E-state index is 11.6. The van der Waals surface area contributed by atoms with Gasteiger partial charge in [-0.2, -0.15) is 0 Å². The first-order valence-corrected chi connectivity index (χ1v) is 5.58. The Morgan fingerprint density at radius 2 is 2.31 bits per heavy atom. The van der Waals surface area contributed by atoms with E-state index in [0.29, 0.717) is 6.54 Å². The third-order valence-electron chi connectivity index (χ3n) is 2.84. The second-order valence-electron chi connectivity index (χ2n) is 4.16. The Morgan fingerprint density at radius 3 is 2.88 bits per heavy atom. The van der Waals surface area contributed by atoms with Crippen LogP contribution in [0.25, 0.3) is 0 Å². The molecule has 1 aliphatic heterocycles. The van der Waals surface area contributed by atoms with Crippen LogP contribution in [0.2, 0.25) is 0 Å². The zero-order valence-electron chi connectivity index (χ0n) is 9.25. The molecule has 16 heavy (non-hydrogen) atoms. The summed E-state index contributed by atoms with van der Waals surface area (Å²) in [4.78, 5) is 24.7. The van der Waals surface area contributed by atoms with Crippen LogP contribution in [0, 0.1) is 5.41 Å². The Balaban J connectivity index is 2.02. The fraction of sp³-hybridized carbons (Fsp3) is 0.700. The van der Waals surface area contributed by atoms with E-state index < -0.39 is 6.04 Å². The van der Waals surface area contributed by atoms with Crippen LogP contribution >= 0.6 is 0 Å². The van der Waals surface area contributed by atoms with E-state index in [1.54, 1.807) is 4.90 Å². The van der Waals surface area contributed by atoms with Gasteiger partial charge in [0.15, 0.2) is 0 Å². The van der Waals surface area contributed by atoms with E-state index in [1.165, 1.54) is 0 Å². The number of carbonyl (C=O) groups is 2. The van der Waals surface area contributed by atoms with E-state index in [1.807, 2.05) is 6.92 Å². The monoisotopic (exact) mass is 224 g/mol. The number of hydrogen-bond donors (Lipinski definition) is 3. The molecule has 0 aromatic rings. The van der Waals surface area contributed by atoms with Crippen LogP contribution in [0.3, 0.4) is 0 Å². The second-order valence-corrected chi connectivity index (χ2v) is 4.16. The van der Waals surface area contributed by atoms with Crippen molar-refractivity contribution in [2.24, 2.45) is 0 Å². The third kappa shape index (κ3) is 2.00. The van der Waals surface area contributed by atoms with Gasteiger partial charge in [0, 0.05) is 12.6 Å². The zero-order chi connectivity index (χ0) is 11.7. The van der Waals surface area contributed by atoms with E-state index in [0.717, 1.165) is 12.8 Å². The average molecular weight is 224 g/mol. The molecule has 1 saturated carbocycles. The highest BCUT2D eigenvalue weighted by molar-refractivity contribution is 6.07. The summed E-state index contributed by atoms with van der Waals surface area (Å²) in [6.07, 6.45) is 2.14. The molecule has 2 aliphatic rings. The van der Waals surface area contributed by atoms with Crippen molar-refractivity contribution in [1.29, 1.82) is 5.41 Å². The molecule has 1 unspecified atom stereocenters. The lowest BCUT2D eigenvalue weighted by molar-refractivity contribution is -0.121. The molecule has 0 spiro atoms. The average Bonchev–Trinajstić information content (AvgIpc) is 2.97. The predicted octanol–water partition coefficient (Wildman–Crippen LogP) is 0.0461. The molecule has 0 aromatic heterocycles. The Kier molecular flexibility index (Phi) is 2.80. The highest BCUT2D eigenvalue weighted by atomic mass is 16.2. The van der Waals surface area contributed by atoms with Crippen LogP contribution in [0.1, 0.15) is 26.2 Å². The Hall–Kier alpha value is -1.59. The van der Waals surface area contributed by atoms with Gasteiger partial charge in [-0.15, -0.1) is 0 Å². The molecular weight excluding hydrogens is 208 g/mol. The maximum Gasteiger partial charge on any atom is 0.323 e. The zero-order valence-corrected chi connectivity index (χ0v) is 9.25. The standard InChI is InChI=1S/C10H16N4O2/c1-2-12-8(15)5-7-9(11)13-10(16)14(7)6-3-4-6/h6-7H,2-5H2,1H3,(H,12,15)(H2,11,13,16). The molecule has 1 atom stereocenters. The number of nitrogens with zero attached hydrogens (tertiary/aromatic N) is 1. The largest absolute Gasteiger partial charge is 0.356 e. The van der Waals surface area contributed by atoms with Crippen LogP contribution in [0.5, 0.6) is 0 Å². The van der Waals surface area contributed by atoms with E-state index in [2.05, 4.69) is 10.6 Å². The number of carbonyl (C=O) groups excluding carboxylic acids is 2. The molecule has 6 nitrogen and oxygen atoms in total. The molecule has 0 aromatic carbocycles. The summed E-state index contributed by atoms with van der Waals surface area (Å²) in [6.45, 7) is 2.42. The molecule has 1 aliphatic carbocycles. The van der Waals surface area contributed by atoms with Gasteiger partial charge in [-0.25, -0.2) is 4.79 Å². The van der Waals surface area contributed by atoms with Crippen LogP contribution in [0.4, 0.5) is 4.79 Å². The van der Waals surface area contributed by atoms with Crippen LogP contribution in [-0.2, 0) is 4.79 Å². The van der Waals surface area contributed by atoms with Gasteiger partial charge in [0.2, 0.25) is 5.91 Å². The van der Waals surface area contributed by atoms with Crippen molar-refractivity contribution in [2.75, 3.05) is 6.54 Å². The molecule has 2 rings (SSSR count). The van der Waals surface area contributed by atoms with Crippen LogP contribution < -0.4 is 10.6 Å². The fourth-order valence-corrected chi connectivity index (χ4v) is 1.96. The molecule has 2 fully saturated rings. The minimum atomic E-state index is -0.397. The lowest BCUT2D eigenvalue weighted by Gasteiger charge is -2.21. The van der Waals surface area contributed by atoms with Crippen molar-refractivity contribution in [3.63, 3.8) is 0 Å². The molecule has 88 valence electrons. The third-order valence-corrected chi connectivity index (χ3v) is 2.84. The Bertz CT molecular complexity index is 338. The summed E-state index contributed by atoms with van der Waals surface area (Å²) >= 11 is 0. The highest BCUT2D eigenvalue weighted by Crippen LogP contribution is 2.31. The van der Waals surface area contributed by atoms with Gasteiger partial charge in [-0.1, -0.05) is 0 Å². The minimum absolute atomic E-state index is 0.112. The molecule has 3 N–H and O–H groups in total. The summed E-state index contributed by atoms with van der Waals surface area (Å²) in [5.41, 5.74) is 0. The fourth-order valence-electron chi connectivity index (χ4n) is 1.96. The number of hydrogen-bond acceptors (Lipinski definition) is 3. The van der Waals surface area contributed by atoms with Crippen LogP contribution in [0.15, 0.2) is 0 Å². The summed E-state index contributed by atoms with van der Waals surface area (Å²) in [5, 5.41) is 12.8. The number of nitrogens with one attached hydrogen (secondary N) is 3. The van der Waals surface area contributed by atoms with Crippen molar-refractivity contribution >= 4 is 17.8 Å². The van der Waals surface area contributed by atoms with Gasteiger partial charge >= 0.3 is 6.03 Å². The van der Waals surface area contributed by atoms with Crippen LogP contribution in [-0.4, -0.2) is 41.3 Å². The first-order valence-electron chi connectivity index (χ1n) is 5.58. The van der Waals surface area contributed by atoms with E-state index in [-0.39, 0.29) is 30.2 Å². The molecular formula is C10H16N4O2. The van der Waals surface area contributed by atoms with Gasteiger partial charge in [0.05, 0.1) is 6.42 Å². The first-order chi connectivity index (χ1) is 7.63. The summed E-state index contributed by atoms with van der Waals surface area (Å²) in [6, 6.07) is -0.407. The topological polar surface area (TPSA) is 85.3 Å². The molecule has 3 amide bonds. The quantitative estimate of drug-likeness (QED) is 0.630. The Morgan fingerprint density at radius 1 is 1.62 bits per heavy atom. The van der Waals surface area contributed by atoms with Crippen molar-refractivity contribution in [3.8, 4) is 0 Å². The summed E-state index contributed by atoms with van der Waals surface area (Å²) < 4.78 is 0. The minimum Gasteiger partial charge on any atom is -0.356 e. The second kappa shape index (κ2) is 4.11. The van der Waals surface area contributed by atoms with Gasteiger partial charge in [-0.3, -0.25) is 15.5 Å². The lowest BCUT2D eigenvalue weighted by Crippen LogP contribution is -2.40. The van der Waals surface area contributed by atoms with E-state index >= 15 is 0 Å². The van der Waals surface area contributed by atoms with E-state index in [9.17, 15) is 9.59 Å². The SMILES string of the molecule is CCNC(=O)CC1C(=N)NC(=O)N1C1CC1. The van der Waals surface area contributed by atoms with E-state index in [4.69, 9.17) is 5.41 Å². The number of amidine groups is 1. The summed E-state index contributed by atoms with van der Waals surface area (Å²) in [5.74, 6) is 0.0301. The number of urea groups is 1. The van der Waals surface area contributed by atoms with Crippen molar-refractivity contribution in [2.45, 2.75) is 38.3 Å². The first kappa shape index (κ1) is 10.9. The Labute approximate surface area is 93.9 Å².